The SMILES string of the molecule is O=C(OC[C@@H]1O[C@H](n2cc(F)c(=O)[nH]c2=O)[C@H](O)C1OC(=O)c1ccccc1)c1ccccc1. The zero-order valence-electron chi connectivity index (χ0n) is 17.5. The number of esters is 2. The molecule has 11 heteroatoms. The lowest BCUT2D eigenvalue weighted by molar-refractivity contribution is -0.0617. The molecule has 1 unspecified atom stereocenters. The van der Waals surface area contributed by atoms with E-state index >= 15 is 0 Å². The summed E-state index contributed by atoms with van der Waals surface area (Å²) >= 11 is 0. The molecule has 1 aliphatic rings. The van der Waals surface area contributed by atoms with Gasteiger partial charge in [-0.3, -0.25) is 14.3 Å². The molecule has 3 aromatic rings. The standard InChI is InChI=1S/C23H19FN2O8/c24-15-11-26(23(31)25-19(15)28)20-17(27)18(34-22(30)14-9-5-2-6-10-14)16(33-20)12-32-21(29)13-7-3-1-4-8-13/h1-11,16-18,20,27H,12H2,(H,25,28,31)/t16-,17+,18?,20-/m0/s1. The Morgan fingerprint density at radius 2 is 1.59 bits per heavy atom. The van der Waals surface area contributed by atoms with Gasteiger partial charge in [0, 0.05) is 0 Å². The van der Waals surface area contributed by atoms with Crippen molar-refractivity contribution in [3.63, 3.8) is 0 Å². The zero-order chi connectivity index (χ0) is 24.2. The van der Waals surface area contributed by atoms with E-state index in [9.17, 15) is 28.7 Å². The third-order valence-electron chi connectivity index (χ3n) is 5.15. The summed E-state index contributed by atoms with van der Waals surface area (Å²) in [4.78, 5) is 50.2. The number of carbonyl (C=O) groups excluding carboxylic acids is 2. The van der Waals surface area contributed by atoms with Gasteiger partial charge < -0.3 is 19.3 Å². The molecule has 1 aromatic heterocycles. The molecular formula is C23H19FN2O8. The minimum absolute atomic E-state index is 0.186. The van der Waals surface area contributed by atoms with Crippen LogP contribution in [0.1, 0.15) is 26.9 Å². The molecule has 0 spiro atoms. The van der Waals surface area contributed by atoms with Crippen molar-refractivity contribution in [2.75, 3.05) is 6.61 Å². The molecular weight excluding hydrogens is 451 g/mol. The highest BCUT2D eigenvalue weighted by Gasteiger charge is 2.48. The lowest BCUT2D eigenvalue weighted by Gasteiger charge is -2.21. The summed E-state index contributed by atoms with van der Waals surface area (Å²) < 4.78 is 30.8. The molecule has 4 atom stereocenters. The Kier molecular flexibility index (Phi) is 6.66. The molecule has 176 valence electrons. The highest BCUT2D eigenvalue weighted by Crippen LogP contribution is 2.31. The molecule has 0 saturated carbocycles. The van der Waals surface area contributed by atoms with Crippen LogP contribution < -0.4 is 11.2 Å². The van der Waals surface area contributed by atoms with Crippen LogP contribution in [0.2, 0.25) is 0 Å². The van der Waals surface area contributed by atoms with Gasteiger partial charge in [0.25, 0.3) is 5.56 Å². The number of carbonyl (C=O) groups is 2. The number of ether oxygens (including phenoxy) is 3. The second-order valence-electron chi connectivity index (χ2n) is 7.40. The number of aliphatic hydroxyl groups excluding tert-OH is 1. The van der Waals surface area contributed by atoms with Gasteiger partial charge in [0.05, 0.1) is 17.3 Å². The number of aromatic nitrogens is 2. The smallest absolute Gasteiger partial charge is 0.338 e. The number of halogens is 1. The topological polar surface area (TPSA) is 137 Å². The lowest BCUT2D eigenvalue weighted by Crippen LogP contribution is -2.41. The predicted molar refractivity (Wildman–Crippen MR) is 114 cm³/mol. The maximum Gasteiger partial charge on any atom is 0.338 e. The van der Waals surface area contributed by atoms with Crippen LogP contribution in [0.5, 0.6) is 0 Å². The van der Waals surface area contributed by atoms with Crippen LogP contribution in [-0.2, 0) is 14.2 Å². The molecule has 0 amide bonds. The number of rotatable bonds is 6. The van der Waals surface area contributed by atoms with E-state index in [2.05, 4.69) is 0 Å². The van der Waals surface area contributed by atoms with Crippen molar-refractivity contribution in [2.24, 2.45) is 0 Å². The largest absolute Gasteiger partial charge is 0.459 e. The minimum Gasteiger partial charge on any atom is -0.459 e. The molecule has 0 radical (unpaired) electrons. The van der Waals surface area contributed by atoms with Crippen LogP contribution in [0.15, 0.2) is 76.4 Å². The molecule has 0 aliphatic carbocycles. The van der Waals surface area contributed by atoms with Crippen LogP contribution in [0.25, 0.3) is 0 Å². The van der Waals surface area contributed by atoms with E-state index in [0.717, 1.165) is 0 Å². The van der Waals surface area contributed by atoms with Gasteiger partial charge in [0.2, 0.25) is 5.82 Å². The average Bonchev–Trinajstić information content (AvgIpc) is 3.15. The van der Waals surface area contributed by atoms with Crippen LogP contribution in [0.4, 0.5) is 4.39 Å². The third kappa shape index (κ3) is 4.80. The average molecular weight is 470 g/mol. The van der Waals surface area contributed by atoms with Gasteiger partial charge in [0.1, 0.15) is 18.8 Å². The molecule has 34 heavy (non-hydrogen) atoms. The summed E-state index contributed by atoms with van der Waals surface area (Å²) in [6.45, 7) is -0.450. The first-order chi connectivity index (χ1) is 16.3. The van der Waals surface area contributed by atoms with Gasteiger partial charge in [0.15, 0.2) is 12.3 Å². The Labute approximate surface area is 191 Å². The normalized spacial score (nSPS) is 21.7. The quantitative estimate of drug-likeness (QED) is 0.510. The second kappa shape index (κ2) is 9.81. The molecule has 2 heterocycles. The Morgan fingerprint density at radius 3 is 2.21 bits per heavy atom. The van der Waals surface area contributed by atoms with Crippen LogP contribution >= 0.6 is 0 Å². The number of nitrogens with one attached hydrogen (secondary N) is 1. The number of hydrogen-bond acceptors (Lipinski definition) is 8. The highest BCUT2D eigenvalue weighted by molar-refractivity contribution is 5.90. The number of benzene rings is 2. The number of nitrogens with zero attached hydrogens (tertiary/aromatic N) is 1. The lowest BCUT2D eigenvalue weighted by atomic mass is 10.1. The van der Waals surface area contributed by atoms with E-state index in [-0.39, 0.29) is 11.1 Å². The molecule has 10 nitrogen and oxygen atoms in total. The van der Waals surface area contributed by atoms with E-state index < -0.39 is 60.2 Å². The van der Waals surface area contributed by atoms with Crippen molar-refractivity contribution in [3.05, 3.63) is 105 Å². The minimum atomic E-state index is -1.66. The molecule has 1 aliphatic heterocycles. The second-order valence-corrected chi connectivity index (χ2v) is 7.40. The van der Waals surface area contributed by atoms with Crippen molar-refractivity contribution in [1.82, 2.24) is 9.55 Å². The van der Waals surface area contributed by atoms with Crippen LogP contribution in [0, 0.1) is 5.82 Å². The number of H-pyrrole nitrogens is 1. The van der Waals surface area contributed by atoms with Crippen molar-refractivity contribution < 1.29 is 33.3 Å². The maximum atomic E-state index is 13.8. The zero-order valence-corrected chi connectivity index (χ0v) is 17.5. The van der Waals surface area contributed by atoms with Gasteiger partial charge in [-0.25, -0.2) is 14.4 Å². The van der Waals surface area contributed by atoms with E-state index in [4.69, 9.17) is 14.2 Å². The first-order valence-corrected chi connectivity index (χ1v) is 10.2. The van der Waals surface area contributed by atoms with Crippen LogP contribution in [-0.4, -0.2) is 51.5 Å². The van der Waals surface area contributed by atoms with Crippen LogP contribution in [0.3, 0.4) is 0 Å². The maximum absolute atomic E-state index is 13.8. The molecule has 2 N–H and O–H groups in total. The highest BCUT2D eigenvalue weighted by atomic mass is 19.1. The summed E-state index contributed by atoms with van der Waals surface area (Å²) in [7, 11) is 0. The van der Waals surface area contributed by atoms with Crippen molar-refractivity contribution >= 4 is 11.9 Å². The van der Waals surface area contributed by atoms with E-state index in [1.54, 1.807) is 41.4 Å². The fourth-order valence-corrected chi connectivity index (χ4v) is 3.46. The van der Waals surface area contributed by atoms with Gasteiger partial charge in [-0.05, 0) is 24.3 Å². The van der Waals surface area contributed by atoms with E-state index in [0.29, 0.717) is 10.8 Å². The van der Waals surface area contributed by atoms with E-state index in [1.807, 2.05) is 0 Å². The van der Waals surface area contributed by atoms with Crippen molar-refractivity contribution in [2.45, 2.75) is 24.5 Å². The number of aromatic amines is 1. The Morgan fingerprint density at radius 1 is 1.00 bits per heavy atom. The molecule has 4 rings (SSSR count). The fourth-order valence-electron chi connectivity index (χ4n) is 3.46. The fraction of sp³-hybridized carbons (Fsp3) is 0.217. The van der Waals surface area contributed by atoms with Gasteiger partial charge >= 0.3 is 17.6 Å². The first-order valence-electron chi connectivity index (χ1n) is 10.2. The molecule has 1 saturated heterocycles. The van der Waals surface area contributed by atoms with Gasteiger partial charge in [-0.2, -0.15) is 4.39 Å². The number of aliphatic hydroxyl groups is 1. The molecule has 2 aromatic carbocycles. The Hall–Kier alpha value is -4.09. The number of hydrogen-bond donors (Lipinski definition) is 2. The predicted octanol–water partition coefficient (Wildman–Crippen LogP) is 1.02. The Bertz CT molecular complexity index is 1290. The summed E-state index contributed by atoms with van der Waals surface area (Å²) in [5, 5.41) is 10.8. The molecule has 1 fully saturated rings. The first kappa shape index (κ1) is 23.1. The Balaban J connectivity index is 1.59. The monoisotopic (exact) mass is 470 g/mol. The summed E-state index contributed by atoms with van der Waals surface area (Å²) in [5.74, 6) is -2.78. The summed E-state index contributed by atoms with van der Waals surface area (Å²) in [5.41, 5.74) is -1.85. The summed E-state index contributed by atoms with van der Waals surface area (Å²) in [6, 6.07) is 16.0. The van der Waals surface area contributed by atoms with Gasteiger partial charge in [-0.1, -0.05) is 36.4 Å². The van der Waals surface area contributed by atoms with E-state index in [1.165, 1.54) is 24.3 Å². The van der Waals surface area contributed by atoms with Crippen molar-refractivity contribution in [3.8, 4) is 0 Å². The summed E-state index contributed by atoms with van der Waals surface area (Å²) in [6.07, 6.45) is -5.21. The third-order valence-corrected chi connectivity index (χ3v) is 5.15. The molecule has 0 bridgehead atoms. The van der Waals surface area contributed by atoms with Crippen molar-refractivity contribution in [1.29, 1.82) is 0 Å². The van der Waals surface area contributed by atoms with Gasteiger partial charge in [-0.15, -0.1) is 0 Å².